The molecule has 4 N–H and O–H groups in total. The molecule has 1 aliphatic heterocycles. The highest BCUT2D eigenvalue weighted by molar-refractivity contribution is 6.01. The van der Waals surface area contributed by atoms with Crippen LogP contribution < -0.4 is 15.5 Å². The van der Waals surface area contributed by atoms with Crippen molar-refractivity contribution in [3.8, 4) is 0 Å². The molecule has 8 heteroatoms. The third kappa shape index (κ3) is 5.16. The molecular formula is C24H26N4O4. The third-order valence-corrected chi connectivity index (χ3v) is 5.36. The minimum Gasteiger partial charge on any atom is -0.394 e. The Morgan fingerprint density at radius 2 is 1.88 bits per heavy atom. The van der Waals surface area contributed by atoms with Gasteiger partial charge >= 0.3 is 0 Å². The van der Waals surface area contributed by atoms with Crippen molar-refractivity contribution in [3.05, 3.63) is 66.4 Å². The lowest BCUT2D eigenvalue weighted by atomic mass is 10.1. The SMILES string of the molecule is O=C(C=Cc1c[nH]c2ccccc12)NC(CO)C(=O)Nc1ccc(N2CCOCC2)cc1. The number of morpholine rings is 1. The zero-order chi connectivity index (χ0) is 22.3. The summed E-state index contributed by atoms with van der Waals surface area (Å²) in [5, 5.41) is 15.9. The van der Waals surface area contributed by atoms with Gasteiger partial charge in [-0.1, -0.05) is 18.2 Å². The fraction of sp³-hybridized carbons (Fsp3) is 0.250. The molecule has 8 nitrogen and oxygen atoms in total. The molecule has 1 atom stereocenters. The van der Waals surface area contributed by atoms with Crippen molar-refractivity contribution in [1.82, 2.24) is 10.3 Å². The molecule has 1 fully saturated rings. The first-order chi connectivity index (χ1) is 15.6. The zero-order valence-corrected chi connectivity index (χ0v) is 17.6. The lowest BCUT2D eigenvalue weighted by molar-refractivity contribution is -0.124. The van der Waals surface area contributed by atoms with Crippen LogP contribution in [0.1, 0.15) is 5.56 Å². The number of carbonyl (C=O) groups excluding carboxylic acids is 2. The standard InChI is InChI=1S/C24H26N4O4/c29-16-22(27-23(30)10-5-17-15-25-21-4-2-1-3-20(17)21)24(31)26-18-6-8-19(9-7-18)28-11-13-32-14-12-28/h1-10,15,22,25,29H,11-14,16H2,(H,26,31)(H,27,30). The number of H-pyrrole nitrogens is 1. The van der Waals surface area contributed by atoms with Crippen LogP contribution in [0.2, 0.25) is 0 Å². The van der Waals surface area contributed by atoms with Crippen molar-refractivity contribution in [2.24, 2.45) is 0 Å². The Morgan fingerprint density at radius 3 is 2.62 bits per heavy atom. The number of rotatable bonds is 7. The van der Waals surface area contributed by atoms with E-state index in [9.17, 15) is 14.7 Å². The normalized spacial score (nSPS) is 15.1. The molecule has 1 saturated heterocycles. The second-order valence-corrected chi connectivity index (χ2v) is 7.50. The maximum absolute atomic E-state index is 12.5. The molecule has 166 valence electrons. The van der Waals surface area contributed by atoms with Crippen LogP contribution in [-0.2, 0) is 14.3 Å². The summed E-state index contributed by atoms with van der Waals surface area (Å²) >= 11 is 0. The van der Waals surface area contributed by atoms with E-state index in [1.807, 2.05) is 42.6 Å². The van der Waals surface area contributed by atoms with Crippen molar-refractivity contribution in [1.29, 1.82) is 0 Å². The van der Waals surface area contributed by atoms with E-state index in [1.165, 1.54) is 6.08 Å². The highest BCUT2D eigenvalue weighted by Crippen LogP contribution is 2.20. The number of anilines is 2. The number of fused-ring (bicyclic) bond motifs is 1. The molecule has 3 aromatic rings. The topological polar surface area (TPSA) is 107 Å². The van der Waals surface area contributed by atoms with Gasteiger partial charge in [0.1, 0.15) is 6.04 Å². The van der Waals surface area contributed by atoms with Crippen molar-refractivity contribution in [2.75, 3.05) is 43.1 Å². The van der Waals surface area contributed by atoms with Gasteiger partial charge in [0.05, 0.1) is 19.8 Å². The molecule has 0 spiro atoms. The first-order valence-electron chi connectivity index (χ1n) is 10.5. The van der Waals surface area contributed by atoms with Gasteiger partial charge in [-0.2, -0.15) is 0 Å². The average Bonchev–Trinajstić information content (AvgIpc) is 3.25. The predicted octanol–water partition coefficient (Wildman–Crippen LogP) is 2.13. The first-order valence-corrected chi connectivity index (χ1v) is 10.5. The zero-order valence-electron chi connectivity index (χ0n) is 17.6. The van der Waals surface area contributed by atoms with Crippen molar-refractivity contribution in [2.45, 2.75) is 6.04 Å². The van der Waals surface area contributed by atoms with E-state index in [0.717, 1.165) is 35.2 Å². The number of aliphatic hydroxyl groups is 1. The summed E-state index contributed by atoms with van der Waals surface area (Å²) in [7, 11) is 0. The number of benzene rings is 2. The maximum atomic E-state index is 12.5. The van der Waals surface area contributed by atoms with Gasteiger partial charge in [-0.15, -0.1) is 0 Å². The number of hydrogen-bond acceptors (Lipinski definition) is 5. The molecule has 0 bridgehead atoms. The molecule has 0 radical (unpaired) electrons. The Hall–Kier alpha value is -3.62. The number of carbonyl (C=O) groups is 2. The molecule has 0 saturated carbocycles. The molecule has 2 aromatic carbocycles. The molecule has 1 aromatic heterocycles. The predicted molar refractivity (Wildman–Crippen MR) is 124 cm³/mol. The van der Waals surface area contributed by atoms with Gasteiger partial charge in [0.2, 0.25) is 11.8 Å². The summed E-state index contributed by atoms with van der Waals surface area (Å²) in [5.41, 5.74) is 3.48. The van der Waals surface area contributed by atoms with E-state index in [4.69, 9.17) is 4.74 Å². The minimum absolute atomic E-state index is 0.466. The van der Waals surface area contributed by atoms with Gasteiger partial charge in [-0.3, -0.25) is 9.59 Å². The summed E-state index contributed by atoms with van der Waals surface area (Å²) in [6.45, 7) is 2.55. The quantitative estimate of drug-likeness (QED) is 0.426. The minimum atomic E-state index is -1.06. The van der Waals surface area contributed by atoms with Crippen LogP contribution in [0, 0.1) is 0 Å². The van der Waals surface area contributed by atoms with Gasteiger partial charge < -0.3 is 30.4 Å². The van der Waals surface area contributed by atoms with Gasteiger partial charge in [-0.05, 0) is 42.0 Å². The third-order valence-electron chi connectivity index (χ3n) is 5.36. The number of para-hydroxylation sites is 1. The number of aromatic nitrogens is 1. The second kappa shape index (κ2) is 10.1. The Labute approximate surface area is 185 Å². The summed E-state index contributed by atoms with van der Waals surface area (Å²) in [5.74, 6) is -0.951. The van der Waals surface area contributed by atoms with Crippen LogP contribution in [0.25, 0.3) is 17.0 Å². The van der Waals surface area contributed by atoms with Crippen molar-refractivity contribution < 1.29 is 19.4 Å². The lowest BCUT2D eigenvalue weighted by Gasteiger charge is -2.29. The van der Waals surface area contributed by atoms with Crippen molar-refractivity contribution >= 4 is 40.2 Å². The van der Waals surface area contributed by atoms with Crippen LogP contribution in [-0.4, -0.2) is 60.9 Å². The molecular weight excluding hydrogens is 408 g/mol. The van der Waals surface area contributed by atoms with E-state index in [2.05, 4.69) is 20.5 Å². The van der Waals surface area contributed by atoms with Gasteiger partial charge in [0, 0.05) is 47.6 Å². The number of ether oxygens (including phenoxy) is 1. The monoisotopic (exact) mass is 434 g/mol. The molecule has 0 aliphatic carbocycles. The lowest BCUT2D eigenvalue weighted by Crippen LogP contribution is -2.45. The Kier molecular flexibility index (Phi) is 6.84. The Morgan fingerprint density at radius 1 is 1.12 bits per heavy atom. The number of amides is 2. The first kappa shape index (κ1) is 21.6. The Balaban J connectivity index is 1.33. The summed E-state index contributed by atoms with van der Waals surface area (Å²) < 4.78 is 5.36. The molecule has 1 aliphatic rings. The maximum Gasteiger partial charge on any atom is 0.249 e. The van der Waals surface area contributed by atoms with Crippen LogP contribution in [0.15, 0.2) is 60.8 Å². The smallest absolute Gasteiger partial charge is 0.249 e. The van der Waals surface area contributed by atoms with Crippen LogP contribution in [0.3, 0.4) is 0 Å². The van der Waals surface area contributed by atoms with Crippen LogP contribution in [0.5, 0.6) is 0 Å². The Bertz CT molecular complexity index is 1100. The van der Waals surface area contributed by atoms with E-state index in [1.54, 1.807) is 18.2 Å². The fourth-order valence-electron chi connectivity index (χ4n) is 3.62. The molecule has 4 rings (SSSR count). The summed E-state index contributed by atoms with van der Waals surface area (Å²) in [6.07, 6.45) is 4.83. The van der Waals surface area contributed by atoms with Gasteiger partial charge in [-0.25, -0.2) is 0 Å². The van der Waals surface area contributed by atoms with E-state index < -0.39 is 24.5 Å². The number of aromatic amines is 1. The van der Waals surface area contributed by atoms with Crippen LogP contribution in [0.4, 0.5) is 11.4 Å². The van der Waals surface area contributed by atoms with Gasteiger partial charge in [0.15, 0.2) is 0 Å². The molecule has 32 heavy (non-hydrogen) atoms. The van der Waals surface area contributed by atoms with Gasteiger partial charge in [0.25, 0.3) is 0 Å². The number of nitrogens with one attached hydrogen (secondary N) is 3. The van der Waals surface area contributed by atoms with E-state index >= 15 is 0 Å². The highest BCUT2D eigenvalue weighted by Gasteiger charge is 2.19. The number of aliphatic hydroxyl groups excluding tert-OH is 1. The van der Waals surface area contributed by atoms with Crippen LogP contribution >= 0.6 is 0 Å². The van der Waals surface area contributed by atoms with E-state index in [0.29, 0.717) is 18.9 Å². The molecule has 1 unspecified atom stereocenters. The van der Waals surface area contributed by atoms with Crippen molar-refractivity contribution in [3.63, 3.8) is 0 Å². The molecule has 2 amide bonds. The summed E-state index contributed by atoms with van der Waals surface area (Å²) in [4.78, 5) is 30.2. The largest absolute Gasteiger partial charge is 0.394 e. The fourth-order valence-corrected chi connectivity index (χ4v) is 3.62. The van der Waals surface area contributed by atoms with E-state index in [-0.39, 0.29) is 0 Å². The molecule has 2 heterocycles. The second-order valence-electron chi connectivity index (χ2n) is 7.50. The average molecular weight is 434 g/mol. The highest BCUT2D eigenvalue weighted by atomic mass is 16.5. The number of hydrogen-bond donors (Lipinski definition) is 4. The number of nitrogens with zero attached hydrogens (tertiary/aromatic N) is 1. The summed E-state index contributed by atoms with van der Waals surface area (Å²) in [6, 6.07) is 14.2.